The largest absolute Gasteiger partial charge is 0.496 e. The smallest absolute Gasteiger partial charge is 0.410 e. The van der Waals surface area contributed by atoms with Gasteiger partial charge >= 0.3 is 6.09 Å². The number of hydrogen-bond donors (Lipinski definition) is 1. The minimum atomic E-state index is -0.514. The number of fused-ring (bicyclic) bond motifs is 1. The molecule has 1 aliphatic rings. The number of nitrogens with two attached hydrogens (primary N) is 1. The molecular weight excluding hydrogens is 348 g/mol. The summed E-state index contributed by atoms with van der Waals surface area (Å²) in [5, 5.41) is 0. The fourth-order valence-electron chi connectivity index (χ4n) is 2.55. The van der Waals surface area contributed by atoms with Crippen molar-refractivity contribution >= 4 is 22.0 Å². The molecule has 1 heterocycles. The van der Waals surface area contributed by atoms with E-state index in [4.69, 9.17) is 15.2 Å². The quantitative estimate of drug-likeness (QED) is 0.819. The van der Waals surface area contributed by atoms with Gasteiger partial charge in [-0.1, -0.05) is 15.9 Å². The monoisotopic (exact) mass is 370 g/mol. The molecule has 0 spiro atoms. The van der Waals surface area contributed by atoms with Crippen molar-refractivity contribution in [2.45, 2.75) is 45.4 Å². The highest BCUT2D eigenvalue weighted by Gasteiger charge is 2.29. The molecule has 1 aromatic carbocycles. The zero-order chi connectivity index (χ0) is 16.5. The second-order valence-electron chi connectivity index (χ2n) is 6.44. The third-order valence-corrected chi connectivity index (χ3v) is 4.30. The minimum absolute atomic E-state index is 0.171. The van der Waals surface area contributed by atoms with E-state index in [0.29, 0.717) is 19.5 Å². The van der Waals surface area contributed by atoms with Crippen LogP contribution in [0.5, 0.6) is 5.75 Å². The number of methoxy groups -OCH3 is 1. The number of carbonyl (C=O) groups excluding carboxylic acids is 1. The summed E-state index contributed by atoms with van der Waals surface area (Å²) in [6.07, 6.45) is 0.348. The molecule has 0 saturated heterocycles. The Morgan fingerprint density at radius 2 is 2.09 bits per heavy atom. The first-order valence-electron chi connectivity index (χ1n) is 7.31. The van der Waals surface area contributed by atoms with Crippen LogP contribution in [0.1, 0.15) is 44.4 Å². The van der Waals surface area contributed by atoms with Gasteiger partial charge in [0, 0.05) is 22.6 Å². The highest BCUT2D eigenvalue weighted by Crippen LogP contribution is 2.37. The summed E-state index contributed by atoms with van der Waals surface area (Å²) in [4.78, 5) is 14.1. The molecule has 0 fully saturated rings. The predicted octanol–water partition coefficient (Wildman–Crippen LogP) is 3.60. The van der Waals surface area contributed by atoms with E-state index in [1.807, 2.05) is 32.9 Å². The van der Waals surface area contributed by atoms with Gasteiger partial charge in [0.2, 0.25) is 0 Å². The van der Waals surface area contributed by atoms with Crippen LogP contribution in [0.3, 0.4) is 0 Å². The highest BCUT2D eigenvalue weighted by atomic mass is 79.9. The Morgan fingerprint density at radius 1 is 1.41 bits per heavy atom. The summed E-state index contributed by atoms with van der Waals surface area (Å²) in [5.74, 6) is 0.761. The van der Waals surface area contributed by atoms with E-state index in [2.05, 4.69) is 15.9 Å². The molecule has 1 atom stereocenters. The van der Waals surface area contributed by atoms with Gasteiger partial charge in [0.25, 0.3) is 0 Å². The van der Waals surface area contributed by atoms with Crippen molar-refractivity contribution < 1.29 is 14.3 Å². The average Bonchev–Trinajstić information content (AvgIpc) is 2.58. The second kappa shape index (κ2) is 6.46. The lowest BCUT2D eigenvalue weighted by atomic mass is 9.99. The summed E-state index contributed by atoms with van der Waals surface area (Å²) in [5.41, 5.74) is 7.73. The van der Waals surface area contributed by atoms with Crippen molar-refractivity contribution in [3.05, 3.63) is 27.7 Å². The van der Waals surface area contributed by atoms with Crippen LogP contribution < -0.4 is 10.5 Å². The number of hydrogen-bond acceptors (Lipinski definition) is 4. The van der Waals surface area contributed by atoms with Gasteiger partial charge in [0.05, 0.1) is 13.7 Å². The Morgan fingerprint density at radius 3 is 2.68 bits per heavy atom. The third kappa shape index (κ3) is 3.73. The SMILES string of the molecule is COc1ccc(Br)c2c1C(N)CCN(C(=O)OC(C)(C)C)C2. The van der Waals surface area contributed by atoms with E-state index in [1.165, 1.54) is 0 Å². The summed E-state index contributed by atoms with van der Waals surface area (Å²) < 4.78 is 11.8. The van der Waals surface area contributed by atoms with Crippen LogP contribution in [0.2, 0.25) is 0 Å². The number of nitrogens with zero attached hydrogens (tertiary/aromatic N) is 1. The van der Waals surface area contributed by atoms with Crippen LogP contribution in [0, 0.1) is 0 Å². The van der Waals surface area contributed by atoms with Crippen molar-refractivity contribution in [2.75, 3.05) is 13.7 Å². The van der Waals surface area contributed by atoms with Crippen LogP contribution in [0.15, 0.2) is 16.6 Å². The van der Waals surface area contributed by atoms with Gasteiger partial charge in [-0.2, -0.15) is 0 Å². The molecule has 0 aliphatic carbocycles. The minimum Gasteiger partial charge on any atom is -0.496 e. The maximum Gasteiger partial charge on any atom is 0.410 e. The molecular formula is C16H23BrN2O3. The van der Waals surface area contributed by atoms with Crippen LogP contribution in [-0.4, -0.2) is 30.2 Å². The van der Waals surface area contributed by atoms with Crippen molar-refractivity contribution in [1.82, 2.24) is 4.90 Å². The van der Waals surface area contributed by atoms with E-state index in [9.17, 15) is 4.79 Å². The molecule has 2 N–H and O–H groups in total. The Balaban J connectivity index is 2.34. The molecule has 1 amide bonds. The van der Waals surface area contributed by atoms with Crippen LogP contribution in [0.25, 0.3) is 0 Å². The number of ether oxygens (including phenoxy) is 2. The molecule has 0 bridgehead atoms. The van der Waals surface area contributed by atoms with Crippen LogP contribution in [0.4, 0.5) is 4.79 Å². The van der Waals surface area contributed by atoms with Gasteiger partial charge in [-0.3, -0.25) is 0 Å². The van der Waals surface area contributed by atoms with E-state index in [0.717, 1.165) is 21.3 Å². The number of benzene rings is 1. The predicted molar refractivity (Wildman–Crippen MR) is 88.9 cm³/mol. The summed E-state index contributed by atoms with van der Waals surface area (Å²) in [7, 11) is 1.63. The zero-order valence-corrected chi connectivity index (χ0v) is 15.1. The van der Waals surface area contributed by atoms with Crippen LogP contribution >= 0.6 is 15.9 Å². The maximum absolute atomic E-state index is 12.4. The zero-order valence-electron chi connectivity index (χ0n) is 13.5. The molecule has 122 valence electrons. The molecule has 0 saturated carbocycles. The third-order valence-electron chi connectivity index (χ3n) is 3.56. The van der Waals surface area contributed by atoms with Gasteiger partial charge in [0.1, 0.15) is 11.4 Å². The first-order chi connectivity index (χ1) is 10.2. The Labute approximate surface area is 139 Å². The second-order valence-corrected chi connectivity index (χ2v) is 7.29. The van der Waals surface area contributed by atoms with Gasteiger partial charge in [-0.05, 0) is 44.9 Å². The lowest BCUT2D eigenvalue weighted by molar-refractivity contribution is 0.0234. The topological polar surface area (TPSA) is 64.8 Å². The van der Waals surface area contributed by atoms with Crippen molar-refractivity contribution in [2.24, 2.45) is 5.73 Å². The van der Waals surface area contributed by atoms with Gasteiger partial charge in [0.15, 0.2) is 0 Å². The summed E-state index contributed by atoms with van der Waals surface area (Å²) in [6.45, 7) is 6.60. The van der Waals surface area contributed by atoms with E-state index in [-0.39, 0.29) is 12.1 Å². The molecule has 1 aromatic rings. The molecule has 1 aliphatic heterocycles. The molecule has 5 nitrogen and oxygen atoms in total. The highest BCUT2D eigenvalue weighted by molar-refractivity contribution is 9.10. The van der Waals surface area contributed by atoms with Gasteiger partial charge < -0.3 is 20.1 Å². The van der Waals surface area contributed by atoms with Crippen LogP contribution in [-0.2, 0) is 11.3 Å². The Hall–Kier alpha value is -1.27. The van der Waals surface area contributed by atoms with Crippen molar-refractivity contribution in [3.63, 3.8) is 0 Å². The molecule has 6 heteroatoms. The lowest BCUT2D eigenvalue weighted by Gasteiger charge is -2.26. The normalized spacial score (nSPS) is 18.5. The number of amides is 1. The van der Waals surface area contributed by atoms with Crippen molar-refractivity contribution in [1.29, 1.82) is 0 Å². The van der Waals surface area contributed by atoms with Gasteiger partial charge in [-0.25, -0.2) is 4.79 Å². The number of rotatable bonds is 1. The molecule has 22 heavy (non-hydrogen) atoms. The van der Waals surface area contributed by atoms with E-state index >= 15 is 0 Å². The fourth-order valence-corrected chi connectivity index (χ4v) is 3.02. The molecule has 0 aromatic heterocycles. The molecule has 1 unspecified atom stereocenters. The van der Waals surface area contributed by atoms with E-state index < -0.39 is 5.60 Å². The van der Waals surface area contributed by atoms with E-state index in [1.54, 1.807) is 12.0 Å². The lowest BCUT2D eigenvalue weighted by Crippen LogP contribution is -2.36. The average molecular weight is 371 g/mol. The Kier molecular flexibility index (Phi) is 5.02. The number of halogens is 1. The first kappa shape index (κ1) is 17.1. The molecule has 2 rings (SSSR count). The first-order valence-corrected chi connectivity index (χ1v) is 8.11. The fraction of sp³-hybridized carbons (Fsp3) is 0.562. The maximum atomic E-state index is 12.4. The van der Waals surface area contributed by atoms with Gasteiger partial charge in [-0.15, -0.1) is 0 Å². The molecule has 0 radical (unpaired) electrons. The summed E-state index contributed by atoms with van der Waals surface area (Å²) >= 11 is 3.56. The Bertz CT molecular complexity index is 569. The standard InChI is InChI=1S/C16H23BrN2O3/c1-16(2,3)22-15(20)19-8-7-12(18)14-10(9-19)11(17)5-6-13(14)21-4/h5-6,12H,7-9,18H2,1-4H3. The van der Waals surface area contributed by atoms with Crippen molar-refractivity contribution in [3.8, 4) is 5.75 Å². The number of carbonyl (C=O) groups is 1. The summed E-state index contributed by atoms with van der Waals surface area (Å²) in [6, 6.07) is 3.64.